The van der Waals surface area contributed by atoms with Crippen LogP contribution in [0.15, 0.2) is 16.9 Å². The van der Waals surface area contributed by atoms with Crippen molar-refractivity contribution in [2.75, 3.05) is 13.1 Å². The van der Waals surface area contributed by atoms with Crippen LogP contribution in [0.4, 0.5) is 0 Å². The number of aromatic amines is 1. The Labute approximate surface area is 119 Å². The van der Waals surface area contributed by atoms with E-state index >= 15 is 0 Å². The molecule has 110 valence electrons. The molecule has 3 rings (SSSR count). The molecule has 0 saturated carbocycles. The average molecular weight is 277 g/mol. The Balaban J connectivity index is 1.67. The van der Waals surface area contributed by atoms with Gasteiger partial charge in [0.2, 0.25) is 0 Å². The van der Waals surface area contributed by atoms with Crippen molar-refractivity contribution < 1.29 is 4.74 Å². The van der Waals surface area contributed by atoms with E-state index in [4.69, 9.17) is 4.74 Å². The van der Waals surface area contributed by atoms with E-state index in [0.717, 1.165) is 38.0 Å². The first-order chi connectivity index (χ1) is 9.53. The van der Waals surface area contributed by atoms with Gasteiger partial charge in [0, 0.05) is 12.6 Å². The first-order valence-electron chi connectivity index (χ1n) is 7.51. The van der Waals surface area contributed by atoms with Crippen LogP contribution in [0, 0.1) is 0 Å². The van der Waals surface area contributed by atoms with Crippen LogP contribution in [-0.2, 0) is 4.74 Å². The monoisotopic (exact) mass is 277 g/mol. The van der Waals surface area contributed by atoms with Crippen molar-refractivity contribution in [1.29, 1.82) is 0 Å². The highest BCUT2D eigenvalue weighted by Gasteiger charge is 2.35. The van der Waals surface area contributed by atoms with Crippen molar-refractivity contribution in [1.82, 2.24) is 15.1 Å². The molecule has 5 nitrogen and oxygen atoms in total. The van der Waals surface area contributed by atoms with Crippen LogP contribution in [0.1, 0.15) is 51.3 Å². The molecule has 2 saturated heterocycles. The summed E-state index contributed by atoms with van der Waals surface area (Å²) in [5.41, 5.74) is 0.856. The number of aromatic nitrogens is 2. The number of ether oxygens (including phenoxy) is 1. The molecular weight excluding hydrogens is 254 g/mol. The predicted molar refractivity (Wildman–Crippen MR) is 76.6 cm³/mol. The lowest BCUT2D eigenvalue weighted by atomic mass is 10.1. The molecule has 1 aromatic rings. The maximum Gasteiger partial charge on any atom is 0.264 e. The molecule has 2 atom stereocenters. The first-order valence-corrected chi connectivity index (χ1v) is 7.51. The Morgan fingerprint density at radius 2 is 2.30 bits per heavy atom. The average Bonchev–Trinajstić information content (AvgIpc) is 2.98. The quantitative estimate of drug-likeness (QED) is 0.916. The van der Waals surface area contributed by atoms with Crippen molar-refractivity contribution in [3.63, 3.8) is 0 Å². The Hall–Kier alpha value is -1.20. The molecule has 5 heteroatoms. The van der Waals surface area contributed by atoms with E-state index in [9.17, 15) is 4.79 Å². The molecule has 20 heavy (non-hydrogen) atoms. The zero-order valence-corrected chi connectivity index (χ0v) is 12.3. The van der Waals surface area contributed by atoms with E-state index in [1.165, 1.54) is 6.42 Å². The summed E-state index contributed by atoms with van der Waals surface area (Å²) >= 11 is 0. The molecule has 1 N–H and O–H groups in total. The highest BCUT2D eigenvalue weighted by atomic mass is 16.5. The van der Waals surface area contributed by atoms with Gasteiger partial charge in [-0.3, -0.25) is 9.69 Å². The van der Waals surface area contributed by atoms with E-state index < -0.39 is 0 Å². The van der Waals surface area contributed by atoms with E-state index in [0.29, 0.717) is 12.1 Å². The molecule has 2 aliphatic heterocycles. The fraction of sp³-hybridized carbons (Fsp3) is 0.733. The van der Waals surface area contributed by atoms with Gasteiger partial charge in [-0.1, -0.05) is 0 Å². The fourth-order valence-electron chi connectivity index (χ4n) is 3.39. The van der Waals surface area contributed by atoms with E-state index in [1.807, 2.05) is 6.07 Å². The van der Waals surface area contributed by atoms with Crippen molar-refractivity contribution in [2.45, 2.75) is 57.3 Å². The minimum absolute atomic E-state index is 0.0239. The van der Waals surface area contributed by atoms with Gasteiger partial charge in [-0.05, 0) is 52.1 Å². The van der Waals surface area contributed by atoms with Gasteiger partial charge in [-0.2, -0.15) is 5.10 Å². The zero-order chi connectivity index (χ0) is 14.2. The third-order valence-electron chi connectivity index (χ3n) is 4.40. The molecule has 0 aromatic carbocycles. The van der Waals surface area contributed by atoms with Crippen LogP contribution in [0.3, 0.4) is 0 Å². The summed E-state index contributed by atoms with van der Waals surface area (Å²) in [4.78, 5) is 13.6. The van der Waals surface area contributed by atoms with Gasteiger partial charge in [-0.25, -0.2) is 5.10 Å². The topological polar surface area (TPSA) is 58.2 Å². The molecule has 1 aromatic heterocycles. The Bertz CT molecular complexity index is 506. The van der Waals surface area contributed by atoms with Gasteiger partial charge in [0.1, 0.15) is 0 Å². The molecule has 2 unspecified atom stereocenters. The van der Waals surface area contributed by atoms with Crippen LogP contribution in [0.5, 0.6) is 0 Å². The van der Waals surface area contributed by atoms with Crippen molar-refractivity contribution >= 4 is 0 Å². The molecule has 3 heterocycles. The number of nitrogens with one attached hydrogen (secondary N) is 1. The SMILES string of the molecule is CC1(C)CCC(CN2CCCC2c2ccc(=O)[nH]n2)O1. The lowest BCUT2D eigenvalue weighted by molar-refractivity contribution is -0.0303. The van der Waals surface area contributed by atoms with Gasteiger partial charge >= 0.3 is 0 Å². The third-order valence-corrected chi connectivity index (χ3v) is 4.40. The maximum absolute atomic E-state index is 11.1. The Morgan fingerprint density at radius 1 is 1.45 bits per heavy atom. The highest BCUT2D eigenvalue weighted by Crippen LogP contribution is 2.34. The standard InChI is InChI=1S/C15H23N3O2/c1-15(2)8-7-11(20-15)10-18-9-3-4-13(18)12-5-6-14(19)17-16-12/h5-6,11,13H,3-4,7-10H2,1-2H3,(H,17,19). The molecule has 2 fully saturated rings. The van der Waals surface area contributed by atoms with E-state index in [2.05, 4.69) is 28.9 Å². The highest BCUT2D eigenvalue weighted by molar-refractivity contribution is 5.08. The summed E-state index contributed by atoms with van der Waals surface area (Å²) in [5.74, 6) is 0. The van der Waals surface area contributed by atoms with Gasteiger partial charge in [0.05, 0.1) is 23.4 Å². The predicted octanol–water partition coefficient (Wildman–Crippen LogP) is 1.86. The zero-order valence-electron chi connectivity index (χ0n) is 12.3. The maximum atomic E-state index is 11.1. The van der Waals surface area contributed by atoms with Crippen LogP contribution >= 0.6 is 0 Å². The van der Waals surface area contributed by atoms with Crippen molar-refractivity contribution in [2.24, 2.45) is 0 Å². The molecule has 0 spiro atoms. The van der Waals surface area contributed by atoms with Crippen LogP contribution in [0.25, 0.3) is 0 Å². The van der Waals surface area contributed by atoms with Crippen LogP contribution in [-0.4, -0.2) is 39.9 Å². The van der Waals surface area contributed by atoms with Crippen molar-refractivity contribution in [3.8, 4) is 0 Å². The first kappa shape index (κ1) is 13.8. The number of H-pyrrole nitrogens is 1. The molecule has 0 aliphatic carbocycles. The minimum atomic E-state index is -0.140. The van der Waals surface area contributed by atoms with Crippen LogP contribution in [0.2, 0.25) is 0 Å². The number of nitrogens with zero attached hydrogens (tertiary/aromatic N) is 2. The lowest BCUT2D eigenvalue weighted by Crippen LogP contribution is -2.34. The Morgan fingerprint density at radius 3 is 2.95 bits per heavy atom. The molecular formula is C15H23N3O2. The number of hydrogen-bond acceptors (Lipinski definition) is 4. The number of hydrogen-bond donors (Lipinski definition) is 1. The molecule has 2 aliphatic rings. The second kappa shape index (κ2) is 5.30. The summed E-state index contributed by atoms with van der Waals surface area (Å²) in [6.07, 6.45) is 4.88. The van der Waals surface area contributed by atoms with Crippen LogP contribution < -0.4 is 5.56 Å². The Kier molecular flexibility index (Phi) is 3.65. The van der Waals surface area contributed by atoms with Gasteiger partial charge in [-0.15, -0.1) is 0 Å². The smallest absolute Gasteiger partial charge is 0.264 e. The lowest BCUT2D eigenvalue weighted by Gasteiger charge is -2.27. The van der Waals surface area contributed by atoms with E-state index in [-0.39, 0.29) is 11.2 Å². The van der Waals surface area contributed by atoms with Gasteiger partial charge < -0.3 is 4.74 Å². The second-order valence-electron chi connectivity index (χ2n) is 6.54. The number of likely N-dealkylation sites (tertiary alicyclic amines) is 1. The normalized spacial score (nSPS) is 29.9. The van der Waals surface area contributed by atoms with Crippen molar-refractivity contribution in [3.05, 3.63) is 28.2 Å². The largest absolute Gasteiger partial charge is 0.371 e. The number of rotatable bonds is 3. The summed E-state index contributed by atoms with van der Waals surface area (Å²) < 4.78 is 6.09. The molecule has 0 radical (unpaired) electrons. The summed E-state index contributed by atoms with van der Waals surface area (Å²) in [6, 6.07) is 3.73. The fourth-order valence-corrected chi connectivity index (χ4v) is 3.39. The molecule has 0 bridgehead atoms. The third kappa shape index (κ3) is 2.94. The van der Waals surface area contributed by atoms with E-state index in [1.54, 1.807) is 6.07 Å². The summed E-state index contributed by atoms with van der Waals surface area (Å²) in [7, 11) is 0. The second-order valence-corrected chi connectivity index (χ2v) is 6.54. The van der Waals surface area contributed by atoms with Gasteiger partial charge in [0.15, 0.2) is 0 Å². The van der Waals surface area contributed by atoms with Gasteiger partial charge in [0.25, 0.3) is 5.56 Å². The summed E-state index contributed by atoms with van der Waals surface area (Å²) in [5, 5.41) is 6.73. The minimum Gasteiger partial charge on any atom is -0.371 e. The molecule has 0 amide bonds. The summed E-state index contributed by atoms with van der Waals surface area (Å²) in [6.45, 7) is 6.39.